The Morgan fingerprint density at radius 3 is 2.47 bits per heavy atom. The summed E-state index contributed by atoms with van der Waals surface area (Å²) in [6.45, 7) is -1.30. The molecule has 1 rings (SSSR count). The first-order valence-corrected chi connectivity index (χ1v) is 4.02. The van der Waals surface area contributed by atoms with E-state index in [-0.39, 0.29) is 0 Å². The van der Waals surface area contributed by atoms with Crippen molar-refractivity contribution in [3.63, 3.8) is 0 Å². The molecule has 2 N–H and O–H groups in total. The standard InChI is InChI=1S/C8H5F4NO4/c9-2-3-1-4(14)6(17-8(10,11)12)13-5(3)7(15)16/h1,14H,2H2,(H,15,16). The predicted molar refractivity (Wildman–Crippen MR) is 44.4 cm³/mol. The summed E-state index contributed by atoms with van der Waals surface area (Å²) in [6.07, 6.45) is -5.14. The number of aromatic carboxylic acids is 1. The van der Waals surface area contributed by atoms with Crippen molar-refractivity contribution in [2.24, 2.45) is 0 Å². The van der Waals surface area contributed by atoms with Crippen molar-refractivity contribution in [3.8, 4) is 11.6 Å². The topological polar surface area (TPSA) is 79.7 Å². The van der Waals surface area contributed by atoms with E-state index in [9.17, 15) is 22.4 Å². The fraction of sp³-hybridized carbons (Fsp3) is 0.250. The van der Waals surface area contributed by atoms with E-state index in [0.717, 1.165) is 0 Å². The lowest BCUT2D eigenvalue weighted by atomic mass is 10.2. The Balaban J connectivity index is 3.25. The highest BCUT2D eigenvalue weighted by Gasteiger charge is 2.34. The van der Waals surface area contributed by atoms with Crippen molar-refractivity contribution in [2.75, 3.05) is 0 Å². The Hall–Kier alpha value is -2.06. The highest BCUT2D eigenvalue weighted by Crippen LogP contribution is 2.31. The first-order valence-electron chi connectivity index (χ1n) is 4.02. The van der Waals surface area contributed by atoms with E-state index in [4.69, 9.17) is 10.2 Å². The summed E-state index contributed by atoms with van der Waals surface area (Å²) in [5.74, 6) is -4.17. The van der Waals surface area contributed by atoms with E-state index in [1.807, 2.05) is 0 Å². The largest absolute Gasteiger partial charge is 0.574 e. The highest BCUT2D eigenvalue weighted by atomic mass is 19.4. The van der Waals surface area contributed by atoms with E-state index < -0.39 is 41.9 Å². The molecule has 1 aromatic rings. The second-order valence-corrected chi connectivity index (χ2v) is 2.81. The molecule has 0 amide bonds. The number of hydrogen-bond acceptors (Lipinski definition) is 4. The molecule has 0 aliphatic carbocycles. The zero-order chi connectivity index (χ0) is 13.2. The third-order valence-electron chi connectivity index (χ3n) is 1.61. The number of hydrogen-bond donors (Lipinski definition) is 2. The molecule has 0 spiro atoms. The lowest BCUT2D eigenvalue weighted by Gasteiger charge is -2.11. The van der Waals surface area contributed by atoms with Crippen molar-refractivity contribution in [1.82, 2.24) is 4.98 Å². The van der Waals surface area contributed by atoms with Crippen molar-refractivity contribution >= 4 is 5.97 Å². The lowest BCUT2D eigenvalue weighted by molar-refractivity contribution is -0.276. The van der Waals surface area contributed by atoms with Gasteiger partial charge in [-0.15, -0.1) is 13.2 Å². The molecule has 0 saturated carbocycles. The van der Waals surface area contributed by atoms with Gasteiger partial charge >= 0.3 is 12.3 Å². The maximum Gasteiger partial charge on any atom is 0.574 e. The number of alkyl halides is 4. The second-order valence-electron chi connectivity index (χ2n) is 2.81. The molecule has 5 nitrogen and oxygen atoms in total. The number of halogens is 4. The Morgan fingerprint density at radius 2 is 2.06 bits per heavy atom. The van der Waals surface area contributed by atoms with Crippen LogP contribution in [0.1, 0.15) is 16.1 Å². The second kappa shape index (κ2) is 4.44. The maximum absolute atomic E-state index is 12.3. The number of carboxylic acids is 1. The zero-order valence-corrected chi connectivity index (χ0v) is 7.95. The third kappa shape index (κ3) is 3.20. The van der Waals surface area contributed by atoms with Gasteiger partial charge < -0.3 is 14.9 Å². The van der Waals surface area contributed by atoms with Crippen molar-refractivity contribution in [2.45, 2.75) is 13.0 Å². The molecule has 0 fully saturated rings. The van der Waals surface area contributed by atoms with E-state index >= 15 is 0 Å². The van der Waals surface area contributed by atoms with Crippen LogP contribution in [0.4, 0.5) is 17.6 Å². The molecular weight excluding hydrogens is 250 g/mol. The van der Waals surface area contributed by atoms with Gasteiger partial charge in [-0.05, 0) is 6.07 Å². The molecule has 0 saturated heterocycles. The van der Waals surface area contributed by atoms with Crippen LogP contribution in [-0.4, -0.2) is 27.5 Å². The minimum absolute atomic E-state index is 0.511. The van der Waals surface area contributed by atoms with Crippen LogP contribution in [0.15, 0.2) is 6.07 Å². The molecule has 9 heteroatoms. The van der Waals surface area contributed by atoms with Gasteiger partial charge in [0.1, 0.15) is 6.67 Å². The first kappa shape index (κ1) is 13.0. The van der Waals surface area contributed by atoms with Gasteiger partial charge in [0, 0.05) is 5.56 Å². The van der Waals surface area contributed by atoms with Crippen LogP contribution in [0.25, 0.3) is 0 Å². The Morgan fingerprint density at radius 1 is 1.47 bits per heavy atom. The quantitative estimate of drug-likeness (QED) is 0.806. The number of aromatic hydroxyl groups is 1. The SMILES string of the molecule is O=C(O)c1nc(OC(F)(F)F)c(O)cc1CF. The van der Waals surface area contributed by atoms with Gasteiger partial charge in [0.2, 0.25) is 0 Å². The normalized spacial score (nSPS) is 11.3. The molecule has 1 heterocycles. The van der Waals surface area contributed by atoms with Crippen molar-refractivity contribution < 1.29 is 37.3 Å². The summed E-state index contributed by atoms with van der Waals surface area (Å²) in [5.41, 5.74) is -1.51. The molecule has 0 aliphatic rings. The molecule has 0 aliphatic heterocycles. The summed E-state index contributed by atoms with van der Waals surface area (Å²) in [4.78, 5) is 13.5. The van der Waals surface area contributed by atoms with Crippen LogP contribution in [0.2, 0.25) is 0 Å². The average Bonchev–Trinajstić information content (AvgIpc) is 2.18. The smallest absolute Gasteiger partial charge is 0.503 e. The Bertz CT molecular complexity index is 446. The maximum atomic E-state index is 12.3. The number of ether oxygens (including phenoxy) is 1. The van der Waals surface area contributed by atoms with Crippen LogP contribution in [0.5, 0.6) is 11.6 Å². The zero-order valence-electron chi connectivity index (χ0n) is 7.95. The Labute approximate surface area is 91.3 Å². The van der Waals surface area contributed by atoms with Crippen LogP contribution in [-0.2, 0) is 6.67 Å². The van der Waals surface area contributed by atoms with Gasteiger partial charge in [-0.3, -0.25) is 0 Å². The van der Waals surface area contributed by atoms with Gasteiger partial charge in [-0.25, -0.2) is 14.2 Å². The average molecular weight is 255 g/mol. The van der Waals surface area contributed by atoms with Gasteiger partial charge in [-0.2, -0.15) is 0 Å². The molecule has 0 aromatic carbocycles. The van der Waals surface area contributed by atoms with Crippen molar-refractivity contribution in [3.05, 3.63) is 17.3 Å². The minimum atomic E-state index is -5.14. The van der Waals surface area contributed by atoms with Crippen LogP contribution >= 0.6 is 0 Å². The summed E-state index contributed by atoms with van der Waals surface area (Å²) in [5, 5.41) is 17.6. The lowest BCUT2D eigenvalue weighted by Crippen LogP contribution is -2.19. The fourth-order valence-corrected chi connectivity index (χ4v) is 0.998. The molecule has 0 bridgehead atoms. The highest BCUT2D eigenvalue weighted by molar-refractivity contribution is 5.87. The minimum Gasteiger partial charge on any atom is -0.503 e. The van der Waals surface area contributed by atoms with Gasteiger partial charge in [-0.1, -0.05) is 0 Å². The number of pyridine rings is 1. The predicted octanol–water partition coefficient (Wildman–Crippen LogP) is 1.85. The number of nitrogens with zero attached hydrogens (tertiary/aromatic N) is 1. The summed E-state index contributed by atoms with van der Waals surface area (Å²) < 4.78 is 51.1. The molecule has 17 heavy (non-hydrogen) atoms. The van der Waals surface area contributed by atoms with E-state index in [1.54, 1.807) is 0 Å². The van der Waals surface area contributed by atoms with Gasteiger partial charge in [0.05, 0.1) is 0 Å². The number of carboxylic acid groups (broad SMARTS) is 1. The molecule has 0 radical (unpaired) electrons. The molecule has 1 aromatic heterocycles. The fourth-order valence-electron chi connectivity index (χ4n) is 0.998. The molecular formula is C8H5F4NO4. The van der Waals surface area contributed by atoms with Crippen LogP contribution < -0.4 is 4.74 Å². The van der Waals surface area contributed by atoms with Crippen LogP contribution in [0, 0.1) is 0 Å². The summed E-state index contributed by atoms with van der Waals surface area (Å²) >= 11 is 0. The number of rotatable bonds is 3. The number of aromatic nitrogens is 1. The molecule has 0 atom stereocenters. The molecule has 94 valence electrons. The van der Waals surface area contributed by atoms with Crippen LogP contribution in [0.3, 0.4) is 0 Å². The monoisotopic (exact) mass is 255 g/mol. The first-order chi connectivity index (χ1) is 7.74. The number of carbonyl (C=O) groups is 1. The Kier molecular flexibility index (Phi) is 3.39. The van der Waals surface area contributed by atoms with Gasteiger partial charge in [0.15, 0.2) is 11.4 Å². The summed E-state index contributed by atoms with van der Waals surface area (Å²) in [6, 6.07) is 0.511. The molecule has 0 unspecified atom stereocenters. The van der Waals surface area contributed by atoms with E-state index in [1.165, 1.54) is 0 Å². The van der Waals surface area contributed by atoms with Gasteiger partial charge in [0.25, 0.3) is 5.88 Å². The summed E-state index contributed by atoms with van der Waals surface area (Å²) in [7, 11) is 0. The third-order valence-corrected chi connectivity index (χ3v) is 1.61. The van der Waals surface area contributed by atoms with E-state index in [0.29, 0.717) is 6.07 Å². The van der Waals surface area contributed by atoms with Crippen molar-refractivity contribution in [1.29, 1.82) is 0 Å². The van der Waals surface area contributed by atoms with E-state index in [2.05, 4.69) is 9.72 Å².